The van der Waals surface area contributed by atoms with Gasteiger partial charge in [0.15, 0.2) is 11.5 Å². The molecule has 0 saturated heterocycles. The van der Waals surface area contributed by atoms with E-state index < -0.39 is 0 Å². The van der Waals surface area contributed by atoms with E-state index in [-0.39, 0.29) is 0 Å². The monoisotopic (exact) mass is 226 g/mol. The molecule has 15 heavy (non-hydrogen) atoms. The van der Waals surface area contributed by atoms with Crippen LogP contribution in [0.15, 0.2) is 18.2 Å². The molecular formula is C12H15ClO2. The van der Waals surface area contributed by atoms with Gasteiger partial charge in [0.1, 0.15) is 0 Å². The molecule has 1 aliphatic carbocycles. The zero-order valence-corrected chi connectivity index (χ0v) is 9.75. The van der Waals surface area contributed by atoms with Crippen LogP contribution in [0.5, 0.6) is 11.5 Å². The number of halogens is 1. The number of methoxy groups -OCH3 is 2. The Kier molecular flexibility index (Phi) is 3.06. The van der Waals surface area contributed by atoms with Crippen LogP contribution in [-0.2, 0) is 0 Å². The average Bonchev–Trinajstić information content (AvgIpc) is 3.07. The van der Waals surface area contributed by atoms with Crippen LogP contribution in [0, 0.1) is 5.92 Å². The molecule has 1 fully saturated rings. The summed E-state index contributed by atoms with van der Waals surface area (Å²) in [4.78, 5) is 0. The lowest BCUT2D eigenvalue weighted by Gasteiger charge is -2.12. The highest BCUT2D eigenvalue weighted by Crippen LogP contribution is 2.52. The second-order valence-corrected chi connectivity index (χ2v) is 4.15. The van der Waals surface area contributed by atoms with E-state index in [1.807, 2.05) is 12.1 Å². The molecule has 0 aromatic heterocycles. The molecule has 1 saturated carbocycles. The fraction of sp³-hybridized carbons (Fsp3) is 0.500. The predicted molar refractivity (Wildman–Crippen MR) is 61.1 cm³/mol. The highest BCUT2D eigenvalue weighted by molar-refractivity contribution is 6.18. The van der Waals surface area contributed by atoms with E-state index in [9.17, 15) is 0 Å². The lowest BCUT2D eigenvalue weighted by Crippen LogP contribution is -1.95. The van der Waals surface area contributed by atoms with Gasteiger partial charge in [-0.1, -0.05) is 12.1 Å². The molecule has 0 heterocycles. The van der Waals surface area contributed by atoms with Crippen molar-refractivity contribution in [3.8, 4) is 11.5 Å². The van der Waals surface area contributed by atoms with Crippen LogP contribution >= 0.6 is 11.6 Å². The number of para-hydroxylation sites is 1. The Morgan fingerprint density at radius 2 is 2.13 bits per heavy atom. The van der Waals surface area contributed by atoms with E-state index >= 15 is 0 Å². The molecule has 2 unspecified atom stereocenters. The van der Waals surface area contributed by atoms with Gasteiger partial charge in [-0.25, -0.2) is 0 Å². The Morgan fingerprint density at radius 1 is 1.33 bits per heavy atom. The van der Waals surface area contributed by atoms with Crippen molar-refractivity contribution in [2.75, 3.05) is 20.1 Å². The van der Waals surface area contributed by atoms with Crippen LogP contribution in [0.1, 0.15) is 17.9 Å². The van der Waals surface area contributed by atoms with Gasteiger partial charge in [-0.2, -0.15) is 0 Å². The number of rotatable bonds is 4. The van der Waals surface area contributed by atoms with Crippen molar-refractivity contribution in [2.24, 2.45) is 5.92 Å². The number of hydrogen-bond donors (Lipinski definition) is 0. The first kappa shape index (κ1) is 10.6. The Balaban J connectivity index is 2.31. The highest BCUT2D eigenvalue weighted by Gasteiger charge is 2.39. The van der Waals surface area contributed by atoms with Crippen molar-refractivity contribution in [1.29, 1.82) is 0 Å². The maximum Gasteiger partial charge on any atom is 0.164 e. The summed E-state index contributed by atoms with van der Waals surface area (Å²) in [6.07, 6.45) is 1.16. The van der Waals surface area contributed by atoms with Crippen LogP contribution in [-0.4, -0.2) is 20.1 Å². The summed E-state index contributed by atoms with van der Waals surface area (Å²) >= 11 is 5.84. The third-order valence-electron chi connectivity index (χ3n) is 2.95. The smallest absolute Gasteiger partial charge is 0.164 e. The molecular weight excluding hydrogens is 212 g/mol. The van der Waals surface area contributed by atoms with Crippen molar-refractivity contribution < 1.29 is 9.47 Å². The van der Waals surface area contributed by atoms with E-state index in [1.54, 1.807) is 14.2 Å². The minimum absolute atomic E-state index is 0.549. The zero-order chi connectivity index (χ0) is 10.8. The van der Waals surface area contributed by atoms with E-state index in [0.29, 0.717) is 11.8 Å². The summed E-state index contributed by atoms with van der Waals surface area (Å²) < 4.78 is 10.7. The summed E-state index contributed by atoms with van der Waals surface area (Å²) in [7, 11) is 3.34. The van der Waals surface area contributed by atoms with E-state index in [4.69, 9.17) is 21.1 Å². The van der Waals surface area contributed by atoms with Crippen LogP contribution in [0.2, 0.25) is 0 Å². The molecule has 2 atom stereocenters. The van der Waals surface area contributed by atoms with E-state index in [1.165, 1.54) is 5.56 Å². The molecule has 0 aliphatic heterocycles. The molecule has 3 heteroatoms. The van der Waals surface area contributed by atoms with Gasteiger partial charge in [-0.05, 0) is 24.3 Å². The molecule has 82 valence electrons. The first-order valence-electron chi connectivity index (χ1n) is 5.08. The van der Waals surface area contributed by atoms with Gasteiger partial charge in [0, 0.05) is 11.4 Å². The van der Waals surface area contributed by atoms with Crippen molar-refractivity contribution in [3.63, 3.8) is 0 Å². The maximum atomic E-state index is 5.84. The van der Waals surface area contributed by atoms with Gasteiger partial charge in [-0.3, -0.25) is 0 Å². The number of benzene rings is 1. The largest absolute Gasteiger partial charge is 0.493 e. The first-order chi connectivity index (χ1) is 7.31. The number of ether oxygens (including phenoxy) is 2. The van der Waals surface area contributed by atoms with Crippen molar-refractivity contribution in [2.45, 2.75) is 12.3 Å². The first-order valence-corrected chi connectivity index (χ1v) is 5.62. The molecule has 1 aromatic rings. The molecule has 2 rings (SSSR count). The van der Waals surface area contributed by atoms with E-state index in [2.05, 4.69) is 6.07 Å². The summed E-state index contributed by atoms with van der Waals surface area (Å²) in [5.41, 5.74) is 1.22. The standard InChI is InChI=1S/C12H15ClO2/c1-14-11-5-3-4-9(12(11)15-2)10-6-8(10)7-13/h3-5,8,10H,6-7H2,1-2H3. The van der Waals surface area contributed by atoms with Crippen LogP contribution in [0.25, 0.3) is 0 Å². The van der Waals surface area contributed by atoms with Gasteiger partial charge in [0.25, 0.3) is 0 Å². The third kappa shape index (κ3) is 1.91. The van der Waals surface area contributed by atoms with Crippen molar-refractivity contribution in [3.05, 3.63) is 23.8 Å². The van der Waals surface area contributed by atoms with Crippen LogP contribution in [0.3, 0.4) is 0 Å². The minimum Gasteiger partial charge on any atom is -0.493 e. The quantitative estimate of drug-likeness (QED) is 0.735. The fourth-order valence-corrected chi connectivity index (χ4v) is 2.34. The minimum atomic E-state index is 0.549. The normalized spacial score (nSPS) is 23.7. The molecule has 2 nitrogen and oxygen atoms in total. The summed E-state index contributed by atoms with van der Waals surface area (Å²) in [5, 5.41) is 0. The second-order valence-electron chi connectivity index (χ2n) is 3.84. The highest BCUT2D eigenvalue weighted by atomic mass is 35.5. The average molecular weight is 227 g/mol. The van der Waals surface area contributed by atoms with Crippen molar-refractivity contribution >= 4 is 11.6 Å². The maximum absolute atomic E-state index is 5.84. The number of alkyl halides is 1. The van der Waals surface area contributed by atoms with E-state index in [0.717, 1.165) is 23.8 Å². The summed E-state index contributed by atoms with van der Waals surface area (Å²) in [6, 6.07) is 6.01. The molecule has 0 bridgehead atoms. The van der Waals surface area contributed by atoms with Crippen LogP contribution < -0.4 is 9.47 Å². The molecule has 1 aromatic carbocycles. The Labute approximate surface area is 95.1 Å². The van der Waals surface area contributed by atoms with Gasteiger partial charge < -0.3 is 9.47 Å². The Bertz CT molecular complexity index is 351. The Hall–Kier alpha value is -0.890. The fourth-order valence-electron chi connectivity index (χ4n) is 2.00. The van der Waals surface area contributed by atoms with Gasteiger partial charge in [0.2, 0.25) is 0 Å². The SMILES string of the molecule is COc1cccc(C2CC2CCl)c1OC. The number of hydrogen-bond acceptors (Lipinski definition) is 2. The topological polar surface area (TPSA) is 18.5 Å². The third-order valence-corrected chi connectivity index (χ3v) is 3.35. The molecule has 0 radical (unpaired) electrons. The Morgan fingerprint density at radius 3 is 2.67 bits per heavy atom. The lowest BCUT2D eigenvalue weighted by atomic mass is 10.1. The predicted octanol–water partition coefficient (Wildman–Crippen LogP) is 3.05. The lowest BCUT2D eigenvalue weighted by molar-refractivity contribution is 0.351. The van der Waals surface area contributed by atoms with Crippen LogP contribution in [0.4, 0.5) is 0 Å². The molecule has 0 N–H and O–H groups in total. The summed E-state index contributed by atoms with van der Waals surface area (Å²) in [5.74, 6) is 3.54. The molecule has 0 spiro atoms. The second kappa shape index (κ2) is 4.31. The van der Waals surface area contributed by atoms with Crippen molar-refractivity contribution in [1.82, 2.24) is 0 Å². The molecule has 1 aliphatic rings. The summed E-state index contributed by atoms with van der Waals surface area (Å²) in [6.45, 7) is 0. The molecule has 0 amide bonds. The van der Waals surface area contributed by atoms with Gasteiger partial charge in [-0.15, -0.1) is 11.6 Å². The zero-order valence-electron chi connectivity index (χ0n) is 9.00. The van der Waals surface area contributed by atoms with Gasteiger partial charge >= 0.3 is 0 Å². The van der Waals surface area contributed by atoms with Gasteiger partial charge in [0.05, 0.1) is 14.2 Å².